The highest BCUT2D eigenvalue weighted by atomic mass is 32.2. The first-order chi connectivity index (χ1) is 10.9. The molecule has 0 bridgehead atoms. The summed E-state index contributed by atoms with van der Waals surface area (Å²) >= 11 is 0. The number of rotatable bonds is 4. The Morgan fingerprint density at radius 1 is 1.09 bits per heavy atom. The van der Waals surface area contributed by atoms with Crippen molar-refractivity contribution in [2.45, 2.75) is 11.4 Å². The molecule has 0 aliphatic rings. The van der Waals surface area contributed by atoms with Gasteiger partial charge in [-0.25, -0.2) is 13.4 Å². The van der Waals surface area contributed by atoms with E-state index in [0.29, 0.717) is 22.8 Å². The molecular weight excluding hydrogens is 312 g/mol. The van der Waals surface area contributed by atoms with E-state index in [4.69, 9.17) is 0 Å². The van der Waals surface area contributed by atoms with E-state index >= 15 is 0 Å². The van der Waals surface area contributed by atoms with Gasteiger partial charge in [-0.3, -0.25) is 0 Å². The van der Waals surface area contributed by atoms with Gasteiger partial charge in [0.25, 0.3) is 0 Å². The molecule has 0 atom stereocenters. The molecule has 0 unspecified atom stereocenters. The summed E-state index contributed by atoms with van der Waals surface area (Å²) in [5.41, 5.74) is 1.57. The van der Waals surface area contributed by atoms with Crippen molar-refractivity contribution in [1.82, 2.24) is 9.55 Å². The number of imidazole rings is 1. The van der Waals surface area contributed by atoms with Crippen LogP contribution in [0.2, 0.25) is 0 Å². The van der Waals surface area contributed by atoms with Gasteiger partial charge < -0.3 is 9.67 Å². The Morgan fingerprint density at radius 2 is 1.78 bits per heavy atom. The second-order valence-corrected chi connectivity index (χ2v) is 7.29. The monoisotopic (exact) mass is 328 g/mol. The maximum Gasteiger partial charge on any atom is 0.175 e. The lowest BCUT2D eigenvalue weighted by molar-refractivity contribution is 0.475. The van der Waals surface area contributed by atoms with Crippen LogP contribution in [0.15, 0.2) is 65.8 Å². The van der Waals surface area contributed by atoms with Crippen molar-refractivity contribution in [3.63, 3.8) is 0 Å². The molecule has 0 saturated heterocycles. The molecule has 3 rings (SSSR count). The third-order valence-electron chi connectivity index (χ3n) is 3.55. The van der Waals surface area contributed by atoms with Crippen LogP contribution in [0.5, 0.6) is 5.75 Å². The predicted molar refractivity (Wildman–Crippen MR) is 88.0 cm³/mol. The number of nitrogens with zero attached hydrogens (tertiary/aromatic N) is 2. The number of aromatic hydroxyl groups is 1. The molecule has 0 amide bonds. The lowest BCUT2D eigenvalue weighted by Crippen LogP contribution is -2.07. The number of aromatic nitrogens is 2. The van der Waals surface area contributed by atoms with E-state index in [1.54, 1.807) is 54.9 Å². The summed E-state index contributed by atoms with van der Waals surface area (Å²) in [7, 11) is -3.29. The summed E-state index contributed by atoms with van der Waals surface area (Å²) in [6.45, 7) is 0.402. The molecule has 0 radical (unpaired) electrons. The molecule has 5 nitrogen and oxygen atoms in total. The van der Waals surface area contributed by atoms with Crippen LogP contribution in [-0.4, -0.2) is 29.3 Å². The van der Waals surface area contributed by atoms with Crippen LogP contribution in [0, 0.1) is 0 Å². The lowest BCUT2D eigenvalue weighted by atomic mass is 10.2. The second-order valence-electron chi connectivity index (χ2n) is 5.31. The number of phenolic OH excluding ortho intramolecular Hbond substituents is 1. The molecule has 0 fully saturated rings. The van der Waals surface area contributed by atoms with Crippen molar-refractivity contribution in [3.05, 3.63) is 66.5 Å². The highest BCUT2D eigenvalue weighted by molar-refractivity contribution is 7.90. The molecule has 0 spiro atoms. The van der Waals surface area contributed by atoms with E-state index in [1.165, 1.54) is 6.26 Å². The maximum atomic E-state index is 11.9. The van der Waals surface area contributed by atoms with Crippen LogP contribution in [0.3, 0.4) is 0 Å². The Morgan fingerprint density at radius 3 is 2.48 bits per heavy atom. The zero-order valence-electron chi connectivity index (χ0n) is 12.5. The van der Waals surface area contributed by atoms with Crippen molar-refractivity contribution in [2.24, 2.45) is 0 Å². The van der Waals surface area contributed by atoms with E-state index in [1.807, 2.05) is 10.6 Å². The average Bonchev–Trinajstić information content (AvgIpc) is 2.96. The smallest absolute Gasteiger partial charge is 0.175 e. The van der Waals surface area contributed by atoms with Gasteiger partial charge in [0.15, 0.2) is 9.84 Å². The molecule has 23 heavy (non-hydrogen) atoms. The van der Waals surface area contributed by atoms with Gasteiger partial charge in [0, 0.05) is 24.2 Å². The van der Waals surface area contributed by atoms with Gasteiger partial charge in [-0.15, -0.1) is 0 Å². The number of phenols is 1. The van der Waals surface area contributed by atoms with E-state index < -0.39 is 9.84 Å². The fourth-order valence-corrected chi connectivity index (χ4v) is 3.42. The Bertz CT molecular complexity index is 928. The van der Waals surface area contributed by atoms with Gasteiger partial charge in [0.2, 0.25) is 0 Å². The molecule has 0 saturated carbocycles. The standard InChI is InChI=1S/C17H16N2O3S/c1-23(21,22)16-5-3-2-4-14(16)12-19-11-10-18-17(19)13-6-8-15(20)9-7-13/h2-11,20H,12H2,1H3. The van der Waals surface area contributed by atoms with Crippen LogP contribution in [0.1, 0.15) is 5.56 Å². The molecule has 0 aliphatic heterocycles. The minimum atomic E-state index is -3.29. The SMILES string of the molecule is CS(=O)(=O)c1ccccc1Cn1ccnc1-c1ccc(O)cc1. The minimum absolute atomic E-state index is 0.189. The molecule has 0 aliphatic carbocycles. The summed E-state index contributed by atoms with van der Waals surface area (Å²) in [6, 6.07) is 13.7. The van der Waals surface area contributed by atoms with Crippen molar-refractivity contribution < 1.29 is 13.5 Å². The van der Waals surface area contributed by atoms with E-state index in [0.717, 1.165) is 5.56 Å². The minimum Gasteiger partial charge on any atom is -0.508 e. The first-order valence-corrected chi connectivity index (χ1v) is 8.93. The van der Waals surface area contributed by atoms with Gasteiger partial charge in [-0.2, -0.15) is 0 Å². The van der Waals surface area contributed by atoms with Crippen LogP contribution in [0.25, 0.3) is 11.4 Å². The molecule has 1 heterocycles. The highest BCUT2D eigenvalue weighted by Crippen LogP contribution is 2.23. The highest BCUT2D eigenvalue weighted by Gasteiger charge is 2.14. The third kappa shape index (κ3) is 3.27. The van der Waals surface area contributed by atoms with E-state index in [-0.39, 0.29) is 5.75 Å². The average molecular weight is 328 g/mol. The fourth-order valence-electron chi connectivity index (χ4n) is 2.49. The Kier molecular flexibility index (Phi) is 3.92. The third-order valence-corrected chi connectivity index (χ3v) is 4.75. The number of hydrogen-bond acceptors (Lipinski definition) is 4. The van der Waals surface area contributed by atoms with Crippen molar-refractivity contribution in [2.75, 3.05) is 6.26 Å². The summed E-state index contributed by atoms with van der Waals surface area (Å²) < 4.78 is 25.7. The summed E-state index contributed by atoms with van der Waals surface area (Å²) in [5, 5.41) is 9.39. The van der Waals surface area contributed by atoms with Crippen molar-refractivity contribution in [1.29, 1.82) is 0 Å². The topological polar surface area (TPSA) is 72.2 Å². The fraction of sp³-hybridized carbons (Fsp3) is 0.118. The summed E-state index contributed by atoms with van der Waals surface area (Å²) in [5.74, 6) is 0.905. The van der Waals surface area contributed by atoms with E-state index in [9.17, 15) is 13.5 Å². The molecule has 6 heteroatoms. The van der Waals surface area contributed by atoms with Gasteiger partial charge in [-0.1, -0.05) is 18.2 Å². The summed E-state index contributed by atoms with van der Waals surface area (Å²) in [4.78, 5) is 4.66. The van der Waals surface area contributed by atoms with Crippen LogP contribution >= 0.6 is 0 Å². The Labute approximate surface area is 134 Å². The number of benzene rings is 2. The number of hydrogen-bond donors (Lipinski definition) is 1. The number of sulfone groups is 1. The Balaban J connectivity index is 2.00. The second kappa shape index (κ2) is 5.89. The van der Waals surface area contributed by atoms with Gasteiger partial charge in [0.1, 0.15) is 11.6 Å². The molecular formula is C17H16N2O3S. The Hall–Kier alpha value is -2.60. The van der Waals surface area contributed by atoms with Gasteiger partial charge in [0.05, 0.1) is 11.4 Å². The lowest BCUT2D eigenvalue weighted by Gasteiger charge is -2.11. The molecule has 1 N–H and O–H groups in total. The largest absolute Gasteiger partial charge is 0.508 e. The molecule has 3 aromatic rings. The molecule has 118 valence electrons. The first-order valence-electron chi connectivity index (χ1n) is 7.03. The summed E-state index contributed by atoms with van der Waals surface area (Å²) in [6.07, 6.45) is 4.69. The molecule has 2 aromatic carbocycles. The zero-order valence-corrected chi connectivity index (χ0v) is 13.4. The van der Waals surface area contributed by atoms with Gasteiger partial charge in [-0.05, 0) is 35.9 Å². The first kappa shape index (κ1) is 15.3. The van der Waals surface area contributed by atoms with Crippen LogP contribution < -0.4 is 0 Å². The van der Waals surface area contributed by atoms with Gasteiger partial charge >= 0.3 is 0 Å². The van der Waals surface area contributed by atoms with E-state index in [2.05, 4.69) is 4.98 Å². The van der Waals surface area contributed by atoms with Crippen LogP contribution in [-0.2, 0) is 16.4 Å². The van der Waals surface area contributed by atoms with Crippen molar-refractivity contribution >= 4 is 9.84 Å². The quantitative estimate of drug-likeness (QED) is 0.799. The zero-order chi connectivity index (χ0) is 16.4. The normalized spacial score (nSPS) is 11.5. The van der Waals surface area contributed by atoms with Crippen LogP contribution in [0.4, 0.5) is 0 Å². The molecule has 1 aromatic heterocycles. The predicted octanol–water partition coefficient (Wildman–Crippen LogP) is 2.71. The maximum absolute atomic E-state index is 11.9. The van der Waals surface area contributed by atoms with Crippen molar-refractivity contribution in [3.8, 4) is 17.1 Å².